The van der Waals surface area contributed by atoms with E-state index in [1.54, 1.807) is 40.5 Å². The first-order chi connectivity index (χ1) is 14.6. The molecule has 0 saturated heterocycles. The second-order valence-corrected chi connectivity index (χ2v) is 8.21. The minimum atomic E-state index is -0.174. The molecular formula is C22H20ClN5OS. The zero-order valence-electron chi connectivity index (χ0n) is 16.2. The standard InChI is InChI=1S/C22H20ClN5OS/c1-15-4-6-16(7-5-15)22(20-3-2-10-30-20)25-12-21(29)27-18-11-17(23)8-9-19(18)28-14-24-13-26-28/h2-11,13-14,22,25H,12H2,1H3,(H,27,29)/t22-/m0/s1. The number of rotatable bonds is 7. The first-order valence-electron chi connectivity index (χ1n) is 9.38. The number of aromatic nitrogens is 3. The largest absolute Gasteiger partial charge is 0.323 e. The topological polar surface area (TPSA) is 71.8 Å². The Kier molecular flexibility index (Phi) is 6.23. The molecule has 6 nitrogen and oxygen atoms in total. The summed E-state index contributed by atoms with van der Waals surface area (Å²) in [4.78, 5) is 17.9. The van der Waals surface area contributed by atoms with Crippen LogP contribution in [0.1, 0.15) is 22.0 Å². The molecule has 0 radical (unpaired) electrons. The van der Waals surface area contributed by atoms with Crippen LogP contribution in [0, 0.1) is 6.92 Å². The van der Waals surface area contributed by atoms with Gasteiger partial charge in [-0.2, -0.15) is 5.10 Å². The molecule has 0 saturated carbocycles. The van der Waals surface area contributed by atoms with Gasteiger partial charge in [0.25, 0.3) is 0 Å². The van der Waals surface area contributed by atoms with E-state index in [0.717, 1.165) is 10.4 Å². The predicted molar refractivity (Wildman–Crippen MR) is 120 cm³/mol. The van der Waals surface area contributed by atoms with Crippen molar-refractivity contribution in [2.24, 2.45) is 0 Å². The van der Waals surface area contributed by atoms with Crippen LogP contribution in [0.5, 0.6) is 0 Å². The van der Waals surface area contributed by atoms with Crippen molar-refractivity contribution in [3.63, 3.8) is 0 Å². The number of nitrogens with one attached hydrogen (secondary N) is 2. The molecule has 4 aromatic rings. The highest BCUT2D eigenvalue weighted by Gasteiger charge is 2.17. The molecule has 0 aliphatic rings. The van der Waals surface area contributed by atoms with Crippen molar-refractivity contribution < 1.29 is 4.79 Å². The van der Waals surface area contributed by atoms with Gasteiger partial charge in [-0.1, -0.05) is 47.5 Å². The minimum absolute atomic E-state index is 0.0644. The molecule has 30 heavy (non-hydrogen) atoms. The Morgan fingerprint density at radius 3 is 2.73 bits per heavy atom. The Morgan fingerprint density at radius 1 is 1.20 bits per heavy atom. The van der Waals surface area contributed by atoms with Crippen LogP contribution >= 0.6 is 22.9 Å². The highest BCUT2D eigenvalue weighted by molar-refractivity contribution is 7.10. The average molecular weight is 438 g/mol. The lowest BCUT2D eigenvalue weighted by Crippen LogP contribution is -2.31. The van der Waals surface area contributed by atoms with E-state index in [2.05, 4.69) is 58.0 Å². The van der Waals surface area contributed by atoms with E-state index >= 15 is 0 Å². The molecule has 2 aromatic carbocycles. The number of amides is 1. The number of carbonyl (C=O) groups is 1. The van der Waals surface area contributed by atoms with E-state index in [1.165, 1.54) is 11.9 Å². The Labute approximate surface area is 183 Å². The Hall–Kier alpha value is -3.00. The van der Waals surface area contributed by atoms with E-state index in [0.29, 0.717) is 16.4 Å². The number of hydrogen-bond donors (Lipinski definition) is 2. The predicted octanol–water partition coefficient (Wildman–Crippen LogP) is 4.61. The molecule has 0 unspecified atom stereocenters. The van der Waals surface area contributed by atoms with E-state index < -0.39 is 0 Å². The van der Waals surface area contributed by atoms with Gasteiger partial charge in [0.05, 0.1) is 24.0 Å². The molecule has 0 aliphatic heterocycles. The maximum atomic E-state index is 12.7. The Morgan fingerprint density at radius 2 is 2.03 bits per heavy atom. The lowest BCUT2D eigenvalue weighted by molar-refractivity contribution is -0.115. The smallest absolute Gasteiger partial charge is 0.238 e. The van der Waals surface area contributed by atoms with Gasteiger partial charge in [-0.05, 0) is 42.1 Å². The quantitative estimate of drug-likeness (QED) is 0.443. The number of halogens is 1. The van der Waals surface area contributed by atoms with Gasteiger partial charge in [-0.3, -0.25) is 10.1 Å². The summed E-state index contributed by atoms with van der Waals surface area (Å²) in [6.45, 7) is 2.20. The molecule has 2 heterocycles. The molecule has 2 N–H and O–H groups in total. The van der Waals surface area contributed by atoms with Gasteiger partial charge < -0.3 is 5.32 Å². The first kappa shape index (κ1) is 20.3. The van der Waals surface area contributed by atoms with Crippen molar-refractivity contribution in [3.8, 4) is 5.69 Å². The van der Waals surface area contributed by atoms with E-state index in [1.807, 2.05) is 11.4 Å². The van der Waals surface area contributed by atoms with E-state index in [9.17, 15) is 4.79 Å². The fourth-order valence-electron chi connectivity index (χ4n) is 3.13. The van der Waals surface area contributed by atoms with Crippen LogP contribution in [0.4, 0.5) is 5.69 Å². The van der Waals surface area contributed by atoms with Gasteiger partial charge in [0, 0.05) is 9.90 Å². The van der Waals surface area contributed by atoms with Gasteiger partial charge in [0.2, 0.25) is 5.91 Å². The van der Waals surface area contributed by atoms with E-state index in [4.69, 9.17) is 11.6 Å². The fourth-order valence-corrected chi connectivity index (χ4v) is 4.13. The molecule has 2 aromatic heterocycles. The van der Waals surface area contributed by atoms with Crippen molar-refractivity contribution in [3.05, 3.63) is 93.7 Å². The van der Waals surface area contributed by atoms with Crippen molar-refractivity contribution >= 4 is 34.5 Å². The third-order valence-corrected chi connectivity index (χ3v) is 5.78. The van der Waals surface area contributed by atoms with E-state index in [-0.39, 0.29) is 18.5 Å². The molecule has 0 bridgehead atoms. The highest BCUT2D eigenvalue weighted by Crippen LogP contribution is 2.27. The minimum Gasteiger partial charge on any atom is -0.323 e. The maximum absolute atomic E-state index is 12.7. The number of nitrogens with zero attached hydrogens (tertiary/aromatic N) is 3. The van der Waals surface area contributed by atoms with Crippen molar-refractivity contribution in [1.29, 1.82) is 0 Å². The van der Waals surface area contributed by atoms with Crippen LogP contribution in [-0.2, 0) is 4.79 Å². The number of benzene rings is 2. The summed E-state index contributed by atoms with van der Waals surface area (Å²) >= 11 is 7.80. The van der Waals surface area contributed by atoms with Crippen molar-refractivity contribution in [2.75, 3.05) is 11.9 Å². The number of hydrogen-bond acceptors (Lipinski definition) is 5. The number of anilines is 1. The summed E-state index contributed by atoms with van der Waals surface area (Å²) in [7, 11) is 0. The molecular weight excluding hydrogens is 418 g/mol. The monoisotopic (exact) mass is 437 g/mol. The summed E-state index contributed by atoms with van der Waals surface area (Å²) in [5.74, 6) is -0.174. The molecule has 1 amide bonds. The van der Waals surface area contributed by atoms with Crippen LogP contribution in [-0.4, -0.2) is 27.2 Å². The van der Waals surface area contributed by atoms with Crippen LogP contribution in [0.25, 0.3) is 5.69 Å². The number of aryl methyl sites for hydroxylation is 1. The molecule has 8 heteroatoms. The fraction of sp³-hybridized carbons (Fsp3) is 0.136. The molecule has 0 spiro atoms. The van der Waals surface area contributed by atoms with Crippen LogP contribution in [0.2, 0.25) is 5.02 Å². The van der Waals surface area contributed by atoms with Gasteiger partial charge in [-0.15, -0.1) is 11.3 Å². The molecule has 4 rings (SSSR count). The van der Waals surface area contributed by atoms with Gasteiger partial charge in [-0.25, -0.2) is 9.67 Å². The third kappa shape index (κ3) is 4.76. The Balaban J connectivity index is 1.50. The van der Waals surface area contributed by atoms with Crippen molar-refractivity contribution in [2.45, 2.75) is 13.0 Å². The summed E-state index contributed by atoms with van der Waals surface area (Å²) in [6, 6.07) is 17.6. The average Bonchev–Trinajstić information content (AvgIpc) is 3.44. The summed E-state index contributed by atoms with van der Waals surface area (Å²) in [6.07, 6.45) is 3.01. The Bertz CT molecular complexity index is 1110. The van der Waals surface area contributed by atoms with Crippen LogP contribution < -0.4 is 10.6 Å². The number of carbonyl (C=O) groups excluding carboxylic acids is 1. The lowest BCUT2D eigenvalue weighted by Gasteiger charge is -2.19. The number of thiophene rings is 1. The lowest BCUT2D eigenvalue weighted by atomic mass is 10.0. The normalized spacial score (nSPS) is 11.9. The molecule has 0 fully saturated rings. The van der Waals surface area contributed by atoms with Gasteiger partial charge >= 0.3 is 0 Å². The third-order valence-electron chi connectivity index (χ3n) is 4.60. The highest BCUT2D eigenvalue weighted by atomic mass is 35.5. The van der Waals surface area contributed by atoms with Gasteiger partial charge in [0.15, 0.2) is 0 Å². The van der Waals surface area contributed by atoms with Crippen LogP contribution in [0.15, 0.2) is 72.6 Å². The second kappa shape index (κ2) is 9.21. The molecule has 0 aliphatic carbocycles. The SMILES string of the molecule is Cc1ccc([C@H](NCC(=O)Nc2cc(Cl)ccc2-n2cncn2)c2cccs2)cc1. The second-order valence-electron chi connectivity index (χ2n) is 6.79. The zero-order chi connectivity index (χ0) is 20.9. The van der Waals surface area contributed by atoms with Crippen molar-refractivity contribution in [1.82, 2.24) is 20.1 Å². The summed E-state index contributed by atoms with van der Waals surface area (Å²) in [5, 5.41) is 13.0. The zero-order valence-corrected chi connectivity index (χ0v) is 17.8. The molecule has 152 valence electrons. The van der Waals surface area contributed by atoms with Crippen LogP contribution in [0.3, 0.4) is 0 Å². The summed E-state index contributed by atoms with van der Waals surface area (Å²) in [5.41, 5.74) is 3.58. The first-order valence-corrected chi connectivity index (χ1v) is 10.6. The maximum Gasteiger partial charge on any atom is 0.238 e. The summed E-state index contributed by atoms with van der Waals surface area (Å²) < 4.78 is 1.58. The van der Waals surface area contributed by atoms with Gasteiger partial charge in [0.1, 0.15) is 12.7 Å². The molecule has 1 atom stereocenters.